The highest BCUT2D eigenvalue weighted by molar-refractivity contribution is 5.93. The molecule has 3 N–H and O–H groups in total. The largest absolute Gasteiger partial charge is 0.397 e. The number of rotatable bonds is 5. The van der Waals surface area contributed by atoms with Crippen LogP contribution < -0.4 is 11.1 Å². The average molecular weight is 289 g/mol. The number of nitrogens with two attached hydrogens (primary N) is 1. The molecule has 0 aromatic heterocycles. The Labute approximate surface area is 127 Å². The van der Waals surface area contributed by atoms with Crippen LogP contribution in [0.2, 0.25) is 0 Å². The lowest BCUT2D eigenvalue weighted by molar-refractivity contribution is -0.116. The zero-order chi connectivity index (χ0) is 15.1. The molecule has 0 bridgehead atoms. The lowest BCUT2D eigenvalue weighted by Crippen LogP contribution is -2.29. The summed E-state index contributed by atoms with van der Waals surface area (Å²) in [5, 5.41) is 2.89. The number of carbonyl (C=O) groups is 1. The molecule has 0 spiro atoms. The fourth-order valence-corrected chi connectivity index (χ4v) is 2.94. The van der Waals surface area contributed by atoms with Crippen molar-refractivity contribution in [3.8, 4) is 0 Å². The van der Waals surface area contributed by atoms with Gasteiger partial charge in [-0.2, -0.15) is 0 Å². The Morgan fingerprint density at radius 2 is 2.14 bits per heavy atom. The van der Waals surface area contributed by atoms with Crippen molar-refractivity contribution >= 4 is 17.3 Å². The Hall–Kier alpha value is -1.55. The number of nitrogen functional groups attached to an aromatic ring is 1. The molecule has 1 heterocycles. The number of carbonyl (C=O) groups excluding carboxylic acids is 1. The van der Waals surface area contributed by atoms with Gasteiger partial charge in [0.1, 0.15) is 0 Å². The summed E-state index contributed by atoms with van der Waals surface area (Å²) in [5.74, 6) is 0.914. The first-order valence-electron chi connectivity index (χ1n) is 8.05. The van der Waals surface area contributed by atoms with E-state index in [-0.39, 0.29) is 5.91 Å². The summed E-state index contributed by atoms with van der Waals surface area (Å²) < 4.78 is 0. The predicted molar refractivity (Wildman–Crippen MR) is 88.2 cm³/mol. The third-order valence-electron chi connectivity index (χ3n) is 4.41. The van der Waals surface area contributed by atoms with E-state index in [1.165, 1.54) is 25.7 Å². The van der Waals surface area contributed by atoms with Crippen LogP contribution in [0.4, 0.5) is 11.4 Å². The molecular formula is C17H27N3O. The zero-order valence-corrected chi connectivity index (χ0v) is 13.0. The van der Waals surface area contributed by atoms with Crippen molar-refractivity contribution in [1.29, 1.82) is 0 Å². The minimum atomic E-state index is 0.0455. The Morgan fingerprint density at radius 1 is 1.33 bits per heavy atom. The van der Waals surface area contributed by atoms with E-state index in [1.807, 2.05) is 18.2 Å². The van der Waals surface area contributed by atoms with E-state index < -0.39 is 0 Å². The third-order valence-corrected chi connectivity index (χ3v) is 4.41. The van der Waals surface area contributed by atoms with Crippen LogP contribution in [-0.4, -0.2) is 30.4 Å². The van der Waals surface area contributed by atoms with E-state index in [1.54, 1.807) is 6.07 Å². The minimum Gasteiger partial charge on any atom is -0.397 e. The summed E-state index contributed by atoms with van der Waals surface area (Å²) in [7, 11) is 0. The van der Waals surface area contributed by atoms with Gasteiger partial charge in [-0.3, -0.25) is 4.79 Å². The lowest BCUT2D eigenvalue weighted by Gasteiger charge is -2.19. The summed E-state index contributed by atoms with van der Waals surface area (Å²) in [6.45, 7) is 5.36. The molecular weight excluding hydrogens is 262 g/mol. The Kier molecular flexibility index (Phi) is 6.05. The van der Waals surface area contributed by atoms with Crippen molar-refractivity contribution in [2.75, 3.05) is 30.7 Å². The Morgan fingerprint density at radius 3 is 2.90 bits per heavy atom. The van der Waals surface area contributed by atoms with Gasteiger partial charge < -0.3 is 16.0 Å². The van der Waals surface area contributed by atoms with Gasteiger partial charge in [0.05, 0.1) is 11.4 Å². The molecule has 1 aliphatic heterocycles. The summed E-state index contributed by atoms with van der Waals surface area (Å²) in [6.07, 6.45) is 5.67. The van der Waals surface area contributed by atoms with Crippen LogP contribution in [0.5, 0.6) is 0 Å². The molecule has 1 aromatic rings. The smallest absolute Gasteiger partial charge is 0.225 e. The highest BCUT2D eigenvalue weighted by Crippen LogP contribution is 2.20. The summed E-state index contributed by atoms with van der Waals surface area (Å²) in [4.78, 5) is 14.4. The van der Waals surface area contributed by atoms with Crippen molar-refractivity contribution < 1.29 is 4.79 Å². The van der Waals surface area contributed by atoms with E-state index in [2.05, 4.69) is 17.1 Å². The Balaban J connectivity index is 1.75. The van der Waals surface area contributed by atoms with Gasteiger partial charge in [-0.05, 0) is 50.4 Å². The van der Waals surface area contributed by atoms with E-state index in [4.69, 9.17) is 5.73 Å². The standard InChI is InChI=1S/C17H27N3O/c1-2-14-6-5-11-20(12-9-14)13-10-17(21)19-16-8-4-3-7-15(16)18/h3-4,7-8,14H,2,5-6,9-13,18H2,1H3,(H,19,21). The number of para-hydroxylation sites is 2. The van der Waals surface area contributed by atoms with E-state index in [9.17, 15) is 4.79 Å². The molecule has 1 fully saturated rings. The average Bonchev–Trinajstić information content (AvgIpc) is 2.72. The van der Waals surface area contributed by atoms with Crippen LogP contribution in [-0.2, 0) is 4.79 Å². The fourth-order valence-electron chi connectivity index (χ4n) is 2.94. The van der Waals surface area contributed by atoms with Crippen molar-refractivity contribution in [3.63, 3.8) is 0 Å². The predicted octanol–water partition coefficient (Wildman–Crippen LogP) is 3.11. The van der Waals surface area contributed by atoms with E-state index >= 15 is 0 Å². The topological polar surface area (TPSA) is 58.4 Å². The molecule has 1 atom stereocenters. The van der Waals surface area contributed by atoms with Gasteiger partial charge in [-0.15, -0.1) is 0 Å². The number of nitrogens with zero attached hydrogens (tertiary/aromatic N) is 1. The van der Waals surface area contributed by atoms with Crippen LogP contribution in [0.15, 0.2) is 24.3 Å². The van der Waals surface area contributed by atoms with Crippen LogP contribution in [0.1, 0.15) is 39.0 Å². The third kappa shape index (κ3) is 5.05. The minimum absolute atomic E-state index is 0.0455. The monoisotopic (exact) mass is 289 g/mol. The highest BCUT2D eigenvalue weighted by Gasteiger charge is 2.16. The molecule has 0 saturated carbocycles. The van der Waals surface area contributed by atoms with Gasteiger partial charge in [-0.1, -0.05) is 25.5 Å². The second-order valence-electron chi connectivity index (χ2n) is 5.93. The first kappa shape index (κ1) is 15.8. The number of anilines is 2. The maximum absolute atomic E-state index is 12.0. The molecule has 0 radical (unpaired) electrons. The van der Waals surface area contributed by atoms with Crippen molar-refractivity contribution in [2.24, 2.45) is 5.92 Å². The number of benzene rings is 1. The van der Waals surface area contributed by atoms with Gasteiger partial charge in [0.25, 0.3) is 0 Å². The normalized spacial score (nSPS) is 20.0. The molecule has 1 unspecified atom stereocenters. The van der Waals surface area contributed by atoms with Gasteiger partial charge in [-0.25, -0.2) is 0 Å². The molecule has 21 heavy (non-hydrogen) atoms. The molecule has 1 aliphatic rings. The Bertz CT molecular complexity index is 461. The molecule has 1 saturated heterocycles. The summed E-state index contributed by atoms with van der Waals surface area (Å²) in [6, 6.07) is 7.39. The molecule has 0 aliphatic carbocycles. The molecule has 116 valence electrons. The van der Waals surface area contributed by atoms with Crippen LogP contribution >= 0.6 is 0 Å². The zero-order valence-electron chi connectivity index (χ0n) is 13.0. The summed E-state index contributed by atoms with van der Waals surface area (Å²) in [5.41, 5.74) is 7.16. The quantitative estimate of drug-likeness (QED) is 0.819. The molecule has 2 rings (SSSR count). The van der Waals surface area contributed by atoms with Crippen molar-refractivity contribution in [3.05, 3.63) is 24.3 Å². The summed E-state index contributed by atoms with van der Waals surface area (Å²) >= 11 is 0. The van der Waals surface area contributed by atoms with Gasteiger partial charge in [0.2, 0.25) is 5.91 Å². The van der Waals surface area contributed by atoms with Crippen molar-refractivity contribution in [2.45, 2.75) is 39.0 Å². The SMILES string of the molecule is CCC1CCCN(CCC(=O)Nc2ccccc2N)CC1. The first-order chi connectivity index (χ1) is 10.2. The molecule has 4 nitrogen and oxygen atoms in total. The van der Waals surface area contributed by atoms with Crippen LogP contribution in [0, 0.1) is 5.92 Å². The van der Waals surface area contributed by atoms with Crippen LogP contribution in [0.3, 0.4) is 0 Å². The van der Waals surface area contributed by atoms with E-state index in [0.717, 1.165) is 25.6 Å². The molecule has 1 aromatic carbocycles. The molecule has 1 amide bonds. The number of amides is 1. The maximum atomic E-state index is 12.0. The number of hydrogen-bond acceptors (Lipinski definition) is 3. The fraction of sp³-hybridized carbons (Fsp3) is 0.588. The van der Waals surface area contributed by atoms with Crippen LogP contribution in [0.25, 0.3) is 0 Å². The van der Waals surface area contributed by atoms with Gasteiger partial charge >= 0.3 is 0 Å². The first-order valence-corrected chi connectivity index (χ1v) is 8.05. The number of likely N-dealkylation sites (tertiary alicyclic amines) is 1. The molecule has 4 heteroatoms. The maximum Gasteiger partial charge on any atom is 0.225 e. The van der Waals surface area contributed by atoms with Gasteiger partial charge in [0.15, 0.2) is 0 Å². The number of nitrogens with one attached hydrogen (secondary N) is 1. The number of hydrogen-bond donors (Lipinski definition) is 2. The van der Waals surface area contributed by atoms with Gasteiger partial charge in [0, 0.05) is 13.0 Å². The lowest BCUT2D eigenvalue weighted by atomic mass is 9.98. The second kappa shape index (κ2) is 8.03. The van der Waals surface area contributed by atoms with E-state index in [0.29, 0.717) is 17.8 Å². The highest BCUT2D eigenvalue weighted by atomic mass is 16.1. The van der Waals surface area contributed by atoms with Crippen molar-refractivity contribution in [1.82, 2.24) is 4.90 Å². The second-order valence-corrected chi connectivity index (χ2v) is 5.93.